The van der Waals surface area contributed by atoms with Crippen LogP contribution in [0.25, 0.3) is 105 Å². The molecule has 0 radical (unpaired) electrons. The smallest absolute Gasteiger partial charge is 0.101 e. The van der Waals surface area contributed by atoms with Gasteiger partial charge in [0, 0.05) is 44.1 Å². The molecule has 0 N–H and O–H groups in total. The zero-order valence-corrected chi connectivity index (χ0v) is 35.4. The Hall–Kier alpha value is -9.46. The number of aromatic nitrogens is 2. The third kappa shape index (κ3) is 5.64. The van der Waals surface area contributed by atoms with Crippen LogP contribution in [0.1, 0.15) is 39.9 Å². The molecule has 0 fully saturated rings. The maximum absolute atomic E-state index is 12.0. The molecule has 0 unspecified atom stereocenters. The number of nitriles is 4. The van der Waals surface area contributed by atoms with Crippen LogP contribution in [0.15, 0.2) is 176 Å². The molecule has 66 heavy (non-hydrogen) atoms. The average molecular weight is 839 g/mol. The van der Waals surface area contributed by atoms with Gasteiger partial charge >= 0.3 is 0 Å². The normalized spacial score (nSPS) is 12.0. The third-order valence-corrected chi connectivity index (χ3v) is 13.3. The second-order valence-electron chi connectivity index (χ2n) is 16.7. The topological polar surface area (TPSA) is 105 Å². The van der Waals surface area contributed by atoms with E-state index in [1.807, 2.05) is 72.8 Å². The van der Waals surface area contributed by atoms with Gasteiger partial charge in [-0.15, -0.1) is 0 Å². The molecule has 1 aliphatic carbocycles. The van der Waals surface area contributed by atoms with E-state index < -0.39 is 0 Å². The molecular weight excluding hydrogens is 805 g/mol. The van der Waals surface area contributed by atoms with Crippen molar-refractivity contribution in [3.8, 4) is 69.0 Å². The number of benzene rings is 9. The van der Waals surface area contributed by atoms with Gasteiger partial charge in [-0.25, -0.2) is 0 Å². The number of rotatable bonds is 5. The first-order valence-corrected chi connectivity index (χ1v) is 21.9. The van der Waals surface area contributed by atoms with Crippen LogP contribution >= 0.6 is 0 Å². The fourth-order valence-electron chi connectivity index (χ4n) is 10.5. The summed E-state index contributed by atoms with van der Waals surface area (Å²) in [6, 6.07) is 66.7. The van der Waals surface area contributed by atoms with Gasteiger partial charge in [-0.1, -0.05) is 127 Å². The Labute approximate surface area is 380 Å². The zero-order valence-electron chi connectivity index (χ0n) is 35.4. The van der Waals surface area contributed by atoms with Crippen LogP contribution in [0, 0.1) is 45.3 Å². The molecule has 0 amide bonds. The highest BCUT2D eigenvalue weighted by molar-refractivity contribution is 6.22. The average Bonchev–Trinajstić information content (AvgIpc) is 3.91. The molecule has 0 spiro atoms. The van der Waals surface area contributed by atoms with Crippen LogP contribution < -0.4 is 0 Å². The molecule has 2 aromatic heterocycles. The highest BCUT2D eigenvalue weighted by Gasteiger charge is 2.33. The Bertz CT molecular complexity index is 4060. The van der Waals surface area contributed by atoms with Crippen LogP contribution in [0.4, 0.5) is 0 Å². The number of para-hydroxylation sites is 1. The molecule has 12 rings (SSSR count). The molecule has 0 aliphatic heterocycles. The number of allylic oxidation sites excluding steroid dienone is 1. The summed E-state index contributed by atoms with van der Waals surface area (Å²) in [5.74, 6) is 0. The Morgan fingerprint density at radius 2 is 0.864 bits per heavy atom. The number of hydrogen-bond acceptors (Lipinski definition) is 4. The summed E-state index contributed by atoms with van der Waals surface area (Å²) in [5.41, 5.74) is 13.4. The van der Waals surface area contributed by atoms with Gasteiger partial charge in [0.1, 0.15) is 6.07 Å². The molecule has 11 aromatic rings. The fraction of sp³-hybridized carbons (Fsp3) is 0.0333. The van der Waals surface area contributed by atoms with E-state index in [9.17, 15) is 21.0 Å². The zero-order chi connectivity index (χ0) is 44.5. The van der Waals surface area contributed by atoms with Crippen molar-refractivity contribution in [1.29, 1.82) is 21.0 Å². The van der Waals surface area contributed by atoms with E-state index in [0.717, 1.165) is 112 Å². The minimum atomic E-state index is 0.446. The SMILES string of the molecule is N#Cc1ccc(-c2c(C#N)c(-c3ccc(C#N)cc3)c(-n3c4ccccc4c4c5ccccc5ccc43)c(-c3ccc(C#N)cc3)c2-n2c3c(c4c5ccccc5ccc42)C=CCC3)cc1. The Kier molecular flexibility index (Phi) is 8.76. The Morgan fingerprint density at radius 1 is 0.394 bits per heavy atom. The predicted molar refractivity (Wildman–Crippen MR) is 265 cm³/mol. The maximum Gasteiger partial charge on any atom is 0.101 e. The first-order valence-electron chi connectivity index (χ1n) is 21.9. The van der Waals surface area contributed by atoms with E-state index in [1.54, 1.807) is 0 Å². The molecule has 0 bridgehead atoms. The predicted octanol–water partition coefficient (Wildman–Crippen LogP) is 14.5. The Balaban J connectivity index is 1.40. The molecule has 9 aromatic carbocycles. The van der Waals surface area contributed by atoms with Gasteiger partial charge in [-0.3, -0.25) is 0 Å². The highest BCUT2D eigenvalue weighted by Crippen LogP contribution is 2.53. The minimum Gasteiger partial charge on any atom is -0.312 e. The lowest BCUT2D eigenvalue weighted by Crippen LogP contribution is -2.13. The second kappa shape index (κ2) is 15.1. The maximum atomic E-state index is 12.0. The molecule has 304 valence electrons. The van der Waals surface area contributed by atoms with Gasteiger partial charge in [-0.05, 0) is 106 Å². The minimum absolute atomic E-state index is 0.446. The lowest BCUT2D eigenvalue weighted by Gasteiger charge is -2.29. The van der Waals surface area contributed by atoms with Gasteiger partial charge in [0.25, 0.3) is 0 Å². The standard InChI is InChI=1S/C60H34N6/c61-33-37-17-23-42(24-18-37)54-49(36-64)55(43-25-19-38(34-62)20-26-43)60(66-51-16-8-6-14-48(51)58-46-12-4-2-10-41(46)30-32-53(58)66)56(44-27-21-39(35-63)22-28-44)59(54)65-50-15-7-5-13-47(50)57-45-11-3-1-9-40(45)29-31-52(57)65/h1-7,9-15,17-32H,8,16H2. The van der Waals surface area contributed by atoms with Crippen molar-refractivity contribution in [2.24, 2.45) is 0 Å². The van der Waals surface area contributed by atoms with Crippen molar-refractivity contribution in [1.82, 2.24) is 9.13 Å². The van der Waals surface area contributed by atoms with Gasteiger partial charge in [0.05, 0.1) is 68.4 Å². The van der Waals surface area contributed by atoms with E-state index in [1.165, 1.54) is 0 Å². The highest BCUT2D eigenvalue weighted by atomic mass is 15.0. The first kappa shape index (κ1) is 38.2. The van der Waals surface area contributed by atoms with E-state index >= 15 is 0 Å². The molecule has 2 heterocycles. The summed E-state index contributed by atoms with van der Waals surface area (Å²) in [6.07, 6.45) is 6.09. The summed E-state index contributed by atoms with van der Waals surface area (Å²) in [6.45, 7) is 0. The van der Waals surface area contributed by atoms with Crippen LogP contribution in [-0.2, 0) is 6.42 Å². The lowest BCUT2D eigenvalue weighted by atomic mass is 9.83. The van der Waals surface area contributed by atoms with Crippen LogP contribution in [0.3, 0.4) is 0 Å². The second-order valence-corrected chi connectivity index (χ2v) is 16.7. The number of nitrogens with zero attached hydrogens (tertiary/aromatic N) is 6. The molecular formula is C60H34N6. The van der Waals surface area contributed by atoms with Gasteiger partial charge < -0.3 is 9.13 Å². The van der Waals surface area contributed by atoms with Gasteiger partial charge in [-0.2, -0.15) is 21.0 Å². The van der Waals surface area contributed by atoms with Crippen LogP contribution in [0.2, 0.25) is 0 Å². The molecule has 1 aliphatic rings. The Morgan fingerprint density at radius 3 is 1.41 bits per heavy atom. The summed E-state index contributed by atoms with van der Waals surface area (Å²) in [7, 11) is 0. The molecule has 0 atom stereocenters. The van der Waals surface area contributed by atoms with Crippen molar-refractivity contribution in [2.45, 2.75) is 12.8 Å². The first-order chi connectivity index (χ1) is 32.6. The molecule has 6 heteroatoms. The van der Waals surface area contributed by atoms with Gasteiger partial charge in [0.15, 0.2) is 0 Å². The van der Waals surface area contributed by atoms with Crippen LogP contribution in [0.5, 0.6) is 0 Å². The van der Waals surface area contributed by atoms with Crippen molar-refractivity contribution in [2.75, 3.05) is 0 Å². The van der Waals surface area contributed by atoms with Crippen molar-refractivity contribution in [3.63, 3.8) is 0 Å². The molecule has 0 saturated carbocycles. The lowest BCUT2D eigenvalue weighted by molar-refractivity contribution is 0.889. The molecule has 0 saturated heterocycles. The van der Waals surface area contributed by atoms with Gasteiger partial charge in [0.2, 0.25) is 0 Å². The summed E-state index contributed by atoms with van der Waals surface area (Å²) in [4.78, 5) is 0. The van der Waals surface area contributed by atoms with E-state index in [2.05, 4.69) is 143 Å². The summed E-state index contributed by atoms with van der Waals surface area (Å²) >= 11 is 0. The van der Waals surface area contributed by atoms with Crippen molar-refractivity contribution in [3.05, 3.63) is 209 Å². The van der Waals surface area contributed by atoms with E-state index in [-0.39, 0.29) is 0 Å². The van der Waals surface area contributed by atoms with E-state index in [4.69, 9.17) is 0 Å². The fourth-order valence-corrected chi connectivity index (χ4v) is 10.5. The monoisotopic (exact) mass is 838 g/mol. The number of hydrogen-bond donors (Lipinski definition) is 0. The van der Waals surface area contributed by atoms with E-state index in [0.29, 0.717) is 33.4 Å². The summed E-state index contributed by atoms with van der Waals surface area (Å²) in [5, 5.41) is 50.1. The van der Waals surface area contributed by atoms with Crippen molar-refractivity contribution < 1.29 is 0 Å². The molecule has 6 nitrogen and oxygen atoms in total. The third-order valence-electron chi connectivity index (χ3n) is 13.3. The number of fused-ring (bicyclic) bond motifs is 10. The quantitative estimate of drug-likeness (QED) is 0.172. The summed E-state index contributed by atoms with van der Waals surface area (Å²) < 4.78 is 4.73. The van der Waals surface area contributed by atoms with Crippen molar-refractivity contribution >= 4 is 60.3 Å². The van der Waals surface area contributed by atoms with Crippen LogP contribution in [-0.4, -0.2) is 9.13 Å². The largest absolute Gasteiger partial charge is 0.312 e.